The predicted octanol–water partition coefficient (Wildman–Crippen LogP) is 2.23. The molecule has 110 valence electrons. The van der Waals surface area contributed by atoms with Crippen molar-refractivity contribution in [2.75, 3.05) is 5.32 Å². The number of aromatic nitrogens is 2. The van der Waals surface area contributed by atoms with Gasteiger partial charge in [-0.15, -0.1) is 0 Å². The second kappa shape index (κ2) is 5.60. The molecule has 0 atom stereocenters. The first-order valence-electron chi connectivity index (χ1n) is 7.26. The Morgan fingerprint density at radius 1 is 1.43 bits per heavy atom. The molecule has 1 saturated carbocycles. The molecular weight excluding hydrogens is 264 g/mol. The number of carbonyl (C=O) groups excluding carboxylic acids is 1. The van der Waals surface area contributed by atoms with Crippen LogP contribution >= 0.6 is 0 Å². The van der Waals surface area contributed by atoms with Crippen molar-refractivity contribution in [3.63, 3.8) is 0 Å². The van der Waals surface area contributed by atoms with E-state index >= 15 is 0 Å². The smallest absolute Gasteiger partial charge is 0.251 e. The largest absolute Gasteiger partial charge is 0.381 e. The molecule has 0 radical (unpaired) electrons. The molecule has 1 heterocycles. The number of hydrogen-bond donors (Lipinski definition) is 2. The predicted molar refractivity (Wildman–Crippen MR) is 82.2 cm³/mol. The maximum atomic E-state index is 12.0. The molecule has 2 N–H and O–H groups in total. The monoisotopic (exact) mass is 284 g/mol. The normalized spacial score (nSPS) is 14.0. The molecule has 0 saturated heterocycles. The van der Waals surface area contributed by atoms with E-state index in [1.807, 2.05) is 49.1 Å². The van der Waals surface area contributed by atoms with Crippen molar-refractivity contribution in [1.82, 2.24) is 15.1 Å². The van der Waals surface area contributed by atoms with E-state index in [4.69, 9.17) is 0 Å². The first-order valence-corrected chi connectivity index (χ1v) is 7.26. The zero-order chi connectivity index (χ0) is 14.8. The lowest BCUT2D eigenvalue weighted by atomic mass is 10.1. The highest BCUT2D eigenvalue weighted by Crippen LogP contribution is 2.20. The van der Waals surface area contributed by atoms with Crippen LogP contribution in [0.4, 0.5) is 5.69 Å². The van der Waals surface area contributed by atoms with Gasteiger partial charge >= 0.3 is 0 Å². The first kappa shape index (κ1) is 13.7. The van der Waals surface area contributed by atoms with E-state index in [-0.39, 0.29) is 5.91 Å². The minimum Gasteiger partial charge on any atom is -0.381 e. The lowest BCUT2D eigenvalue weighted by Crippen LogP contribution is -2.25. The number of anilines is 1. The minimum atomic E-state index is 0.0127. The Bertz CT molecular complexity index is 658. The van der Waals surface area contributed by atoms with Crippen molar-refractivity contribution >= 4 is 11.6 Å². The Labute approximate surface area is 124 Å². The average molecular weight is 284 g/mol. The fourth-order valence-electron chi connectivity index (χ4n) is 2.29. The molecule has 2 aromatic rings. The molecule has 0 aliphatic heterocycles. The van der Waals surface area contributed by atoms with Crippen LogP contribution in [0.5, 0.6) is 0 Å². The van der Waals surface area contributed by atoms with Crippen LogP contribution in [0.2, 0.25) is 0 Å². The van der Waals surface area contributed by atoms with Gasteiger partial charge in [0.05, 0.1) is 5.69 Å². The molecule has 1 aromatic heterocycles. The van der Waals surface area contributed by atoms with Crippen LogP contribution in [0.25, 0.3) is 0 Å². The minimum absolute atomic E-state index is 0.0127. The van der Waals surface area contributed by atoms with Crippen molar-refractivity contribution in [3.05, 3.63) is 47.3 Å². The summed E-state index contributed by atoms with van der Waals surface area (Å²) < 4.78 is 1.81. The van der Waals surface area contributed by atoms with Gasteiger partial charge in [0, 0.05) is 42.6 Å². The van der Waals surface area contributed by atoms with Crippen LogP contribution in [-0.2, 0) is 13.6 Å². The van der Waals surface area contributed by atoms with E-state index in [0.29, 0.717) is 18.2 Å². The van der Waals surface area contributed by atoms with E-state index in [1.165, 1.54) is 0 Å². The molecule has 1 aliphatic rings. The summed E-state index contributed by atoms with van der Waals surface area (Å²) in [5.41, 5.74) is 3.83. The maximum Gasteiger partial charge on any atom is 0.251 e. The lowest BCUT2D eigenvalue weighted by molar-refractivity contribution is 0.0951. The summed E-state index contributed by atoms with van der Waals surface area (Å²) in [7, 11) is 1.92. The number of nitrogens with zero attached hydrogens (tertiary/aromatic N) is 2. The Morgan fingerprint density at radius 2 is 2.24 bits per heavy atom. The highest BCUT2D eigenvalue weighted by Gasteiger charge is 2.23. The number of nitrogens with one attached hydrogen (secondary N) is 2. The fraction of sp³-hybridized carbons (Fsp3) is 0.375. The molecule has 0 bridgehead atoms. The van der Waals surface area contributed by atoms with Crippen LogP contribution in [0.1, 0.15) is 34.5 Å². The Hall–Kier alpha value is -2.30. The van der Waals surface area contributed by atoms with Gasteiger partial charge < -0.3 is 10.6 Å². The van der Waals surface area contributed by atoms with E-state index in [9.17, 15) is 4.79 Å². The number of benzene rings is 1. The summed E-state index contributed by atoms with van der Waals surface area (Å²) in [6.07, 6.45) is 4.21. The topological polar surface area (TPSA) is 59.0 Å². The van der Waals surface area contributed by atoms with Crippen molar-refractivity contribution in [1.29, 1.82) is 0 Å². The van der Waals surface area contributed by atoms with Crippen molar-refractivity contribution in [2.24, 2.45) is 7.05 Å². The zero-order valence-corrected chi connectivity index (χ0v) is 12.4. The Morgan fingerprint density at radius 3 is 2.90 bits per heavy atom. The number of carbonyl (C=O) groups is 1. The van der Waals surface area contributed by atoms with E-state index in [0.717, 1.165) is 29.8 Å². The maximum absolute atomic E-state index is 12.0. The molecular formula is C16H20N4O. The summed E-state index contributed by atoms with van der Waals surface area (Å²) >= 11 is 0. The van der Waals surface area contributed by atoms with Gasteiger partial charge in [0.1, 0.15) is 0 Å². The molecule has 5 heteroatoms. The second-order valence-electron chi connectivity index (χ2n) is 5.60. The van der Waals surface area contributed by atoms with E-state index < -0.39 is 0 Å². The molecule has 1 fully saturated rings. The standard InChI is InChI=1S/C16H20N4O/c1-11-13(10-20(2)19-11)9-17-15-5-3-4-12(8-15)16(21)18-14-6-7-14/h3-5,8,10,14,17H,6-7,9H2,1-2H3,(H,18,21). The third kappa shape index (κ3) is 3.42. The number of amides is 1. The quantitative estimate of drug-likeness (QED) is 0.885. The third-order valence-electron chi connectivity index (χ3n) is 3.64. The summed E-state index contributed by atoms with van der Waals surface area (Å²) in [6.45, 7) is 2.70. The molecule has 1 amide bonds. The van der Waals surface area contributed by atoms with Crippen LogP contribution in [-0.4, -0.2) is 21.7 Å². The second-order valence-corrected chi connectivity index (χ2v) is 5.60. The number of hydrogen-bond acceptors (Lipinski definition) is 3. The lowest BCUT2D eigenvalue weighted by Gasteiger charge is -2.08. The number of aryl methyl sites for hydroxylation is 2. The van der Waals surface area contributed by atoms with Crippen LogP contribution in [0, 0.1) is 6.92 Å². The van der Waals surface area contributed by atoms with Gasteiger partial charge in [-0.3, -0.25) is 9.48 Å². The average Bonchev–Trinajstić information content (AvgIpc) is 3.21. The van der Waals surface area contributed by atoms with Gasteiger partial charge in [0.15, 0.2) is 0 Å². The summed E-state index contributed by atoms with van der Waals surface area (Å²) in [6, 6.07) is 7.99. The molecule has 1 aromatic carbocycles. The SMILES string of the molecule is Cc1nn(C)cc1CNc1cccc(C(=O)NC2CC2)c1. The van der Waals surface area contributed by atoms with Crippen LogP contribution in [0.15, 0.2) is 30.5 Å². The van der Waals surface area contributed by atoms with Crippen molar-refractivity contribution < 1.29 is 4.79 Å². The highest BCUT2D eigenvalue weighted by atomic mass is 16.1. The Kier molecular flexibility index (Phi) is 3.64. The Balaban J connectivity index is 1.65. The van der Waals surface area contributed by atoms with Gasteiger partial charge in [-0.05, 0) is 38.0 Å². The summed E-state index contributed by atoms with van der Waals surface area (Å²) in [5, 5.41) is 10.7. The molecule has 0 spiro atoms. The van der Waals surface area contributed by atoms with Crippen molar-refractivity contribution in [3.8, 4) is 0 Å². The van der Waals surface area contributed by atoms with Crippen LogP contribution < -0.4 is 10.6 Å². The van der Waals surface area contributed by atoms with Gasteiger partial charge in [-0.2, -0.15) is 5.10 Å². The highest BCUT2D eigenvalue weighted by molar-refractivity contribution is 5.95. The molecule has 1 aliphatic carbocycles. The fourth-order valence-corrected chi connectivity index (χ4v) is 2.29. The van der Waals surface area contributed by atoms with Gasteiger partial charge in [-0.1, -0.05) is 6.07 Å². The van der Waals surface area contributed by atoms with Gasteiger partial charge in [0.25, 0.3) is 5.91 Å². The molecule has 3 rings (SSSR count). The number of rotatable bonds is 5. The molecule has 21 heavy (non-hydrogen) atoms. The van der Waals surface area contributed by atoms with Gasteiger partial charge in [0.2, 0.25) is 0 Å². The molecule has 5 nitrogen and oxygen atoms in total. The van der Waals surface area contributed by atoms with E-state index in [1.54, 1.807) is 0 Å². The van der Waals surface area contributed by atoms with Crippen LogP contribution in [0.3, 0.4) is 0 Å². The molecule has 0 unspecified atom stereocenters. The first-order chi connectivity index (χ1) is 10.1. The van der Waals surface area contributed by atoms with E-state index in [2.05, 4.69) is 15.7 Å². The zero-order valence-electron chi connectivity index (χ0n) is 12.4. The summed E-state index contributed by atoms with van der Waals surface area (Å²) in [5.74, 6) is 0.0127. The van der Waals surface area contributed by atoms with Gasteiger partial charge in [-0.25, -0.2) is 0 Å². The van der Waals surface area contributed by atoms with Crippen molar-refractivity contribution in [2.45, 2.75) is 32.4 Å². The summed E-state index contributed by atoms with van der Waals surface area (Å²) in [4.78, 5) is 12.0. The third-order valence-corrected chi connectivity index (χ3v) is 3.64.